The van der Waals surface area contributed by atoms with Crippen LogP contribution in [0.5, 0.6) is 0 Å². The predicted octanol–water partition coefficient (Wildman–Crippen LogP) is 3.41. The first-order valence-electron chi connectivity index (χ1n) is 8.68. The van der Waals surface area contributed by atoms with Gasteiger partial charge in [0.1, 0.15) is 11.6 Å². The summed E-state index contributed by atoms with van der Waals surface area (Å²) in [5, 5.41) is 0. The van der Waals surface area contributed by atoms with E-state index in [1.165, 1.54) is 22.3 Å². The summed E-state index contributed by atoms with van der Waals surface area (Å²) in [6, 6.07) is 11.1. The maximum Gasteiger partial charge on any atom is 0.282 e. The summed E-state index contributed by atoms with van der Waals surface area (Å²) in [6.45, 7) is 4.22. The number of nitrogens with zero attached hydrogens (tertiary/aromatic N) is 2. The van der Waals surface area contributed by atoms with Crippen molar-refractivity contribution in [3.8, 4) is 11.1 Å². The minimum atomic E-state index is -0.186. The number of hydrogen-bond donors (Lipinski definition) is 1. The largest absolute Gasteiger partial charge is 0.460 e. The van der Waals surface area contributed by atoms with Crippen molar-refractivity contribution in [2.24, 2.45) is 10.7 Å². The van der Waals surface area contributed by atoms with Gasteiger partial charge in [-0.15, -0.1) is 0 Å². The fraction of sp³-hybridized carbons (Fsp3) is 0.400. The molecule has 1 aromatic carbocycles. The average Bonchev–Trinajstić information content (AvgIpc) is 2.89. The van der Waals surface area contributed by atoms with Crippen LogP contribution in [0.2, 0.25) is 0 Å². The molecule has 4 heteroatoms. The molecule has 0 unspecified atom stereocenters. The molecule has 4 nitrogen and oxygen atoms in total. The monoisotopic (exact) mass is 321 g/mol. The van der Waals surface area contributed by atoms with Crippen LogP contribution in [-0.4, -0.2) is 22.6 Å². The first-order valence-corrected chi connectivity index (χ1v) is 8.68. The van der Waals surface area contributed by atoms with Crippen LogP contribution in [0.15, 0.2) is 41.5 Å². The van der Waals surface area contributed by atoms with Crippen LogP contribution in [0, 0.1) is 6.92 Å². The van der Waals surface area contributed by atoms with Gasteiger partial charge in [-0.25, -0.2) is 4.99 Å². The van der Waals surface area contributed by atoms with E-state index >= 15 is 0 Å². The summed E-state index contributed by atoms with van der Waals surface area (Å²) in [5.41, 5.74) is 12.1. The highest BCUT2D eigenvalue weighted by Crippen LogP contribution is 2.42. The van der Waals surface area contributed by atoms with Crippen molar-refractivity contribution >= 4 is 6.02 Å². The summed E-state index contributed by atoms with van der Waals surface area (Å²) in [5.74, 6) is 0. The minimum Gasteiger partial charge on any atom is -0.460 e. The van der Waals surface area contributed by atoms with Crippen LogP contribution in [0.25, 0.3) is 11.1 Å². The second kappa shape index (κ2) is 5.62. The molecule has 0 bridgehead atoms. The van der Waals surface area contributed by atoms with Gasteiger partial charge < -0.3 is 10.5 Å². The minimum absolute atomic E-state index is 0.0921. The summed E-state index contributed by atoms with van der Waals surface area (Å²) in [4.78, 5) is 9.16. The second-order valence-electron chi connectivity index (χ2n) is 6.82. The normalized spacial score (nSPS) is 25.2. The fourth-order valence-electron chi connectivity index (χ4n) is 4.28. The van der Waals surface area contributed by atoms with E-state index < -0.39 is 0 Å². The number of benzene rings is 1. The van der Waals surface area contributed by atoms with Crippen molar-refractivity contribution < 1.29 is 4.74 Å². The molecule has 1 aliphatic carbocycles. The van der Waals surface area contributed by atoms with Crippen LogP contribution < -0.4 is 5.73 Å². The molecule has 0 amide bonds. The number of ether oxygens (including phenoxy) is 1. The number of aliphatic imine (C=N–C) groups is 1. The Bertz CT molecular complexity index is 814. The zero-order valence-corrected chi connectivity index (χ0v) is 14.2. The molecule has 1 spiro atoms. The average molecular weight is 321 g/mol. The molecule has 2 heterocycles. The van der Waals surface area contributed by atoms with Crippen molar-refractivity contribution in [3.63, 3.8) is 0 Å². The van der Waals surface area contributed by atoms with E-state index in [1.54, 1.807) is 0 Å². The third-order valence-electron chi connectivity index (χ3n) is 5.44. The van der Waals surface area contributed by atoms with Crippen LogP contribution in [-0.2, 0) is 17.6 Å². The molecular weight excluding hydrogens is 298 g/mol. The number of rotatable bonds is 2. The highest BCUT2D eigenvalue weighted by molar-refractivity contribution is 5.75. The van der Waals surface area contributed by atoms with E-state index in [2.05, 4.69) is 43.1 Å². The number of amidine groups is 1. The highest BCUT2D eigenvalue weighted by atomic mass is 16.5. The molecule has 0 fully saturated rings. The summed E-state index contributed by atoms with van der Waals surface area (Å²) in [7, 11) is 0. The Labute approximate surface area is 142 Å². The molecule has 4 rings (SSSR count). The van der Waals surface area contributed by atoms with Crippen LogP contribution in [0.1, 0.15) is 36.6 Å². The van der Waals surface area contributed by atoms with Crippen molar-refractivity contribution in [1.82, 2.24) is 4.98 Å². The first kappa shape index (κ1) is 15.2. The van der Waals surface area contributed by atoms with Gasteiger partial charge in [0.2, 0.25) is 0 Å². The first-order chi connectivity index (χ1) is 11.6. The van der Waals surface area contributed by atoms with Crippen molar-refractivity contribution in [2.75, 3.05) is 0 Å². The number of hydrogen-bond acceptors (Lipinski definition) is 4. The smallest absolute Gasteiger partial charge is 0.282 e. The predicted molar refractivity (Wildman–Crippen MR) is 96.0 cm³/mol. The third kappa shape index (κ3) is 2.29. The van der Waals surface area contributed by atoms with E-state index in [-0.39, 0.29) is 11.6 Å². The quantitative estimate of drug-likeness (QED) is 0.922. The lowest BCUT2D eigenvalue weighted by molar-refractivity contribution is 0.119. The Kier molecular flexibility index (Phi) is 3.56. The van der Waals surface area contributed by atoms with Crippen LogP contribution in [0.3, 0.4) is 0 Å². The maximum absolute atomic E-state index is 5.89. The molecular formula is C20H23N3O. The topological polar surface area (TPSA) is 60.5 Å². The number of aryl methyl sites for hydroxylation is 1. The van der Waals surface area contributed by atoms with Gasteiger partial charge in [-0.3, -0.25) is 4.98 Å². The Morgan fingerprint density at radius 1 is 1.25 bits per heavy atom. The van der Waals surface area contributed by atoms with Crippen molar-refractivity contribution in [3.05, 3.63) is 53.3 Å². The zero-order valence-electron chi connectivity index (χ0n) is 14.2. The lowest BCUT2D eigenvalue weighted by atomic mass is 9.73. The van der Waals surface area contributed by atoms with E-state index in [0.29, 0.717) is 6.02 Å². The van der Waals surface area contributed by atoms with E-state index in [1.807, 2.05) is 12.3 Å². The number of aromatic nitrogens is 1. The number of pyridine rings is 1. The van der Waals surface area contributed by atoms with Crippen molar-refractivity contribution in [2.45, 2.75) is 51.2 Å². The second-order valence-corrected chi connectivity index (χ2v) is 6.82. The SMILES string of the molecule is CC[C@H]1OC(N)=N[C@]12CCc1c(cccc1-c1cccnc1C)C2. The zero-order chi connectivity index (χ0) is 16.7. The number of fused-ring (bicyclic) bond motifs is 1. The van der Waals surface area contributed by atoms with Gasteiger partial charge in [0.15, 0.2) is 0 Å². The molecule has 0 radical (unpaired) electrons. The highest BCUT2D eigenvalue weighted by Gasteiger charge is 2.46. The van der Waals surface area contributed by atoms with Crippen LogP contribution in [0.4, 0.5) is 0 Å². The molecule has 2 aliphatic rings. The van der Waals surface area contributed by atoms with Gasteiger partial charge in [0, 0.05) is 23.9 Å². The Morgan fingerprint density at radius 3 is 2.88 bits per heavy atom. The molecule has 24 heavy (non-hydrogen) atoms. The van der Waals surface area contributed by atoms with E-state index in [9.17, 15) is 0 Å². The fourth-order valence-corrected chi connectivity index (χ4v) is 4.28. The molecule has 2 aromatic rings. The lowest BCUT2D eigenvalue weighted by Gasteiger charge is -2.36. The molecule has 2 atom stereocenters. The van der Waals surface area contributed by atoms with Gasteiger partial charge in [-0.05, 0) is 48.9 Å². The van der Waals surface area contributed by atoms with Gasteiger partial charge in [-0.1, -0.05) is 31.2 Å². The van der Waals surface area contributed by atoms with Gasteiger partial charge in [-0.2, -0.15) is 0 Å². The molecule has 2 N–H and O–H groups in total. The molecule has 0 saturated heterocycles. The third-order valence-corrected chi connectivity index (χ3v) is 5.44. The van der Waals surface area contributed by atoms with Crippen molar-refractivity contribution in [1.29, 1.82) is 0 Å². The molecule has 1 aromatic heterocycles. The maximum atomic E-state index is 5.89. The van der Waals surface area contributed by atoms with Gasteiger partial charge in [0.05, 0.1) is 0 Å². The number of nitrogens with two attached hydrogens (primary N) is 1. The molecule has 124 valence electrons. The van der Waals surface area contributed by atoms with Gasteiger partial charge in [0.25, 0.3) is 6.02 Å². The molecule has 1 aliphatic heterocycles. The Balaban J connectivity index is 1.77. The Morgan fingerprint density at radius 2 is 2.08 bits per heavy atom. The molecule has 0 saturated carbocycles. The van der Waals surface area contributed by atoms with Gasteiger partial charge >= 0.3 is 0 Å². The summed E-state index contributed by atoms with van der Waals surface area (Å²) < 4.78 is 5.77. The van der Waals surface area contributed by atoms with E-state index in [4.69, 9.17) is 15.5 Å². The summed E-state index contributed by atoms with van der Waals surface area (Å²) in [6.07, 6.45) is 5.75. The standard InChI is InChI=1S/C20H23N3O/c1-3-18-20(23-19(21)24-18)10-9-16-14(12-20)6-4-7-17(16)15-8-5-11-22-13(15)2/h4-8,11,18H,3,9-10,12H2,1-2H3,(H2,21,23)/t18-,20+/m1/s1. The lowest BCUT2D eigenvalue weighted by Crippen LogP contribution is -2.43. The van der Waals surface area contributed by atoms with E-state index in [0.717, 1.165) is 31.4 Å². The van der Waals surface area contributed by atoms with Crippen LogP contribution >= 0.6 is 0 Å². The summed E-state index contributed by atoms with van der Waals surface area (Å²) >= 11 is 0. The Hall–Kier alpha value is -2.36.